The fraction of sp³-hybridized carbons (Fsp3) is 0.400. The zero-order chi connectivity index (χ0) is 23.4. The van der Waals surface area contributed by atoms with Crippen LogP contribution in [0.1, 0.15) is 31.4 Å². The van der Waals surface area contributed by atoms with Gasteiger partial charge in [-0.25, -0.2) is 4.79 Å². The number of ether oxygens (including phenoxy) is 1. The fourth-order valence-corrected chi connectivity index (χ4v) is 9.76. The summed E-state index contributed by atoms with van der Waals surface area (Å²) in [5.41, 5.74) is 2.79. The average Bonchev–Trinajstić information content (AvgIpc) is 3.31. The minimum Gasteiger partial charge on any atom is -0.459 e. The standard InChI is InChI=1S/C25H28N2O5S/c1-25(2)22(23(30)32-15-17-8-4-3-5-9-17)27-20(29)14-21(27)33(25,16-28)24(31)26-13-12-18-10-6-7-11-19(18)26/h3-11,21-22,28H,12-16H2,1-2H3/t21-,22+/m1/s1. The first-order valence-electron chi connectivity index (χ1n) is 11.1. The first-order chi connectivity index (χ1) is 15.8. The Morgan fingerprint density at radius 1 is 1.12 bits per heavy atom. The Hall–Kier alpha value is -2.84. The van der Waals surface area contributed by atoms with Crippen LogP contribution in [0.3, 0.4) is 0 Å². The summed E-state index contributed by atoms with van der Waals surface area (Å²) in [7, 11) is -2.49. The van der Waals surface area contributed by atoms with E-state index in [1.54, 1.807) is 4.90 Å². The van der Waals surface area contributed by atoms with Crippen molar-refractivity contribution < 1.29 is 24.2 Å². The van der Waals surface area contributed by atoms with Crippen LogP contribution in [0.2, 0.25) is 0 Å². The molecule has 3 aliphatic heterocycles. The van der Waals surface area contributed by atoms with E-state index < -0.39 is 32.2 Å². The normalized spacial score (nSPS) is 29.0. The van der Waals surface area contributed by atoms with Crippen molar-refractivity contribution in [2.24, 2.45) is 0 Å². The molecule has 174 valence electrons. The molecule has 8 heteroatoms. The van der Waals surface area contributed by atoms with E-state index in [9.17, 15) is 19.5 Å². The van der Waals surface area contributed by atoms with Crippen molar-refractivity contribution in [1.29, 1.82) is 0 Å². The molecule has 0 spiro atoms. The van der Waals surface area contributed by atoms with Gasteiger partial charge < -0.3 is 19.6 Å². The number of β-lactam (4-membered cyclic amide) rings is 1. The number of carbonyl (C=O) groups is 3. The topological polar surface area (TPSA) is 87.1 Å². The lowest BCUT2D eigenvalue weighted by Gasteiger charge is -2.50. The maximum absolute atomic E-state index is 14.1. The Morgan fingerprint density at radius 3 is 2.52 bits per heavy atom. The molecule has 2 fully saturated rings. The number of benzene rings is 2. The highest BCUT2D eigenvalue weighted by Crippen LogP contribution is 2.74. The molecule has 2 aromatic rings. The summed E-state index contributed by atoms with van der Waals surface area (Å²) in [6.45, 7) is 4.29. The number of fused-ring (bicyclic) bond motifs is 2. The van der Waals surface area contributed by atoms with Gasteiger partial charge in [-0.05, 0) is 37.5 Å². The van der Waals surface area contributed by atoms with Gasteiger partial charge in [0.2, 0.25) is 5.91 Å². The van der Waals surface area contributed by atoms with Crippen molar-refractivity contribution >= 4 is 32.8 Å². The number of hydrogen-bond donors (Lipinski definition) is 1. The molecule has 3 heterocycles. The van der Waals surface area contributed by atoms with Gasteiger partial charge in [-0.3, -0.25) is 9.59 Å². The molecule has 0 saturated carbocycles. The summed E-state index contributed by atoms with van der Waals surface area (Å²) in [4.78, 5) is 43.4. The summed E-state index contributed by atoms with van der Waals surface area (Å²) in [5.74, 6) is -1.07. The number of nitrogens with zero attached hydrogens (tertiary/aromatic N) is 2. The molecular weight excluding hydrogens is 440 g/mol. The molecule has 0 aromatic heterocycles. The number of hydrogen-bond acceptors (Lipinski definition) is 5. The summed E-state index contributed by atoms with van der Waals surface area (Å²) >= 11 is 0. The second kappa shape index (κ2) is 7.88. The molecular formula is C25H28N2O5S. The lowest BCUT2D eigenvalue weighted by atomic mass is 9.98. The van der Waals surface area contributed by atoms with Crippen molar-refractivity contribution in [3.05, 3.63) is 65.7 Å². The van der Waals surface area contributed by atoms with Gasteiger partial charge >= 0.3 is 5.97 Å². The number of rotatable bonds is 4. The van der Waals surface area contributed by atoms with E-state index in [0.29, 0.717) is 6.54 Å². The number of amides is 2. The Kier molecular flexibility index (Phi) is 5.25. The predicted molar refractivity (Wildman–Crippen MR) is 127 cm³/mol. The molecule has 3 atom stereocenters. The van der Waals surface area contributed by atoms with E-state index in [0.717, 1.165) is 23.2 Å². The molecule has 5 rings (SSSR count). The Bertz CT molecular complexity index is 1120. The summed E-state index contributed by atoms with van der Waals surface area (Å²) in [5, 5.41) is 10.1. The number of carbonyl (C=O) groups excluding carboxylic acids is 3. The molecule has 2 amide bonds. The highest BCUT2D eigenvalue weighted by molar-refractivity contribution is 8.46. The summed E-state index contributed by atoms with van der Waals surface area (Å²) in [6.07, 6.45) is 0.919. The maximum atomic E-state index is 14.1. The van der Waals surface area contributed by atoms with Gasteiger partial charge in [0.1, 0.15) is 12.6 Å². The van der Waals surface area contributed by atoms with Crippen molar-refractivity contribution in [1.82, 2.24) is 4.90 Å². The van der Waals surface area contributed by atoms with Crippen LogP contribution in [0.25, 0.3) is 0 Å². The predicted octanol–water partition coefficient (Wildman–Crippen LogP) is 3.39. The number of anilines is 1. The molecule has 7 nitrogen and oxygen atoms in total. The van der Waals surface area contributed by atoms with Crippen molar-refractivity contribution in [3.8, 4) is 0 Å². The molecule has 1 unspecified atom stereocenters. The molecule has 1 N–H and O–H groups in total. The highest BCUT2D eigenvalue weighted by Gasteiger charge is 2.72. The average molecular weight is 469 g/mol. The third kappa shape index (κ3) is 3.04. The van der Waals surface area contributed by atoms with Gasteiger partial charge in [-0.2, -0.15) is 0 Å². The van der Waals surface area contributed by atoms with E-state index in [2.05, 4.69) is 0 Å². The van der Waals surface area contributed by atoms with Crippen molar-refractivity contribution in [2.75, 3.05) is 17.4 Å². The van der Waals surface area contributed by atoms with E-state index in [1.807, 2.05) is 68.4 Å². The van der Waals surface area contributed by atoms with Crippen LogP contribution in [-0.2, 0) is 27.4 Å². The second-order valence-corrected chi connectivity index (χ2v) is 13.1. The van der Waals surface area contributed by atoms with Crippen LogP contribution in [0.4, 0.5) is 10.5 Å². The number of aliphatic hydroxyl groups is 1. The molecule has 2 aromatic carbocycles. The third-order valence-electron chi connectivity index (χ3n) is 7.36. The van der Waals surface area contributed by atoms with E-state index in [1.165, 1.54) is 4.90 Å². The first-order valence-corrected chi connectivity index (χ1v) is 13.0. The molecule has 33 heavy (non-hydrogen) atoms. The van der Waals surface area contributed by atoms with Gasteiger partial charge in [0, 0.05) is 17.0 Å². The molecule has 0 bridgehead atoms. The Morgan fingerprint density at radius 2 is 1.82 bits per heavy atom. The molecule has 2 saturated heterocycles. The molecule has 3 aliphatic rings. The zero-order valence-corrected chi connectivity index (χ0v) is 19.6. The van der Waals surface area contributed by atoms with Crippen molar-refractivity contribution in [2.45, 2.75) is 49.5 Å². The lowest BCUT2D eigenvalue weighted by Crippen LogP contribution is -2.57. The monoisotopic (exact) mass is 468 g/mol. The van der Waals surface area contributed by atoms with Crippen LogP contribution in [0, 0.1) is 0 Å². The Labute approximate surface area is 194 Å². The van der Waals surface area contributed by atoms with Crippen LogP contribution in [0.15, 0.2) is 54.6 Å². The van der Waals surface area contributed by atoms with Gasteiger partial charge in [0.05, 0.1) is 17.7 Å². The minimum atomic E-state index is -2.49. The number of para-hydroxylation sites is 1. The molecule has 0 radical (unpaired) electrons. The van der Waals surface area contributed by atoms with Crippen molar-refractivity contribution in [3.63, 3.8) is 0 Å². The second-order valence-electron chi connectivity index (χ2n) is 9.28. The van der Waals surface area contributed by atoms with E-state index in [-0.39, 0.29) is 30.1 Å². The quantitative estimate of drug-likeness (QED) is 0.549. The number of aliphatic hydroxyl groups excluding tert-OH is 1. The van der Waals surface area contributed by atoms with Gasteiger partial charge in [-0.1, -0.05) is 48.5 Å². The van der Waals surface area contributed by atoms with Gasteiger partial charge in [0.15, 0.2) is 0 Å². The maximum Gasteiger partial charge on any atom is 0.330 e. The molecule has 0 aliphatic carbocycles. The van der Waals surface area contributed by atoms with E-state index >= 15 is 0 Å². The zero-order valence-electron chi connectivity index (χ0n) is 18.8. The third-order valence-corrected chi connectivity index (χ3v) is 12.0. The first kappa shape index (κ1) is 22.0. The summed E-state index contributed by atoms with van der Waals surface area (Å²) < 4.78 is 4.68. The van der Waals surface area contributed by atoms with Crippen LogP contribution in [-0.4, -0.2) is 55.8 Å². The van der Waals surface area contributed by atoms with Crippen LogP contribution in [0.5, 0.6) is 0 Å². The highest BCUT2D eigenvalue weighted by atomic mass is 32.3. The fourth-order valence-electron chi connectivity index (χ4n) is 5.51. The lowest BCUT2D eigenvalue weighted by molar-refractivity contribution is -0.162. The summed E-state index contributed by atoms with van der Waals surface area (Å²) in [6, 6.07) is 16.2. The number of esters is 1. The van der Waals surface area contributed by atoms with Gasteiger partial charge in [-0.15, -0.1) is 10.0 Å². The van der Waals surface area contributed by atoms with Crippen LogP contribution < -0.4 is 4.90 Å². The smallest absolute Gasteiger partial charge is 0.330 e. The largest absolute Gasteiger partial charge is 0.459 e. The van der Waals surface area contributed by atoms with E-state index in [4.69, 9.17) is 4.74 Å². The SMILES string of the molecule is CC1(C)[C@H](C(=O)OCc2ccccc2)N2C(=O)C[C@H]2S1(CO)C(=O)N1CCc2ccccc21. The minimum absolute atomic E-state index is 0.0911. The van der Waals surface area contributed by atoms with Crippen LogP contribution >= 0.6 is 10.0 Å². The van der Waals surface area contributed by atoms with Gasteiger partial charge in [0.25, 0.3) is 5.24 Å². The Balaban J connectivity index is 1.48.